The molecule has 3 nitrogen and oxygen atoms in total. The number of piperidine rings is 1. The third kappa shape index (κ3) is 4.12. The fourth-order valence-corrected chi connectivity index (χ4v) is 5.46. The third-order valence-corrected chi connectivity index (χ3v) is 7.22. The highest BCUT2D eigenvalue weighted by Crippen LogP contribution is 2.54. The van der Waals surface area contributed by atoms with Crippen molar-refractivity contribution in [3.8, 4) is 5.75 Å². The van der Waals surface area contributed by atoms with E-state index in [0.717, 1.165) is 49.0 Å². The second kappa shape index (κ2) is 8.62. The number of anilines is 1. The number of halogens is 2. The molecule has 1 N–H and O–H groups in total. The van der Waals surface area contributed by atoms with Crippen LogP contribution in [0.5, 0.6) is 5.75 Å². The Kier molecular flexibility index (Phi) is 5.65. The van der Waals surface area contributed by atoms with Crippen molar-refractivity contribution in [1.29, 1.82) is 0 Å². The molecule has 1 saturated heterocycles. The number of rotatable bonds is 4. The van der Waals surface area contributed by atoms with Crippen LogP contribution in [-0.4, -0.2) is 24.5 Å². The summed E-state index contributed by atoms with van der Waals surface area (Å²) in [6, 6.07) is 22.1. The van der Waals surface area contributed by atoms with Gasteiger partial charge in [0.1, 0.15) is 12.0 Å². The summed E-state index contributed by atoms with van der Waals surface area (Å²) in [6.45, 7) is 1.68. The van der Waals surface area contributed by atoms with Gasteiger partial charge in [0.25, 0.3) is 5.92 Å². The fourth-order valence-electron chi connectivity index (χ4n) is 5.46. The minimum atomic E-state index is -3.02. The van der Waals surface area contributed by atoms with Crippen LogP contribution >= 0.6 is 0 Å². The van der Waals surface area contributed by atoms with Crippen LogP contribution in [0.1, 0.15) is 53.4 Å². The van der Waals surface area contributed by atoms with Gasteiger partial charge in [0, 0.05) is 48.5 Å². The molecule has 2 atom stereocenters. The summed E-state index contributed by atoms with van der Waals surface area (Å²) < 4.78 is 30.5. The minimum Gasteiger partial charge on any atom is -0.508 e. The van der Waals surface area contributed by atoms with Gasteiger partial charge in [0.2, 0.25) is 0 Å². The number of fused-ring (bicyclic) bond motifs is 1. The number of alkyl halides is 2. The summed E-state index contributed by atoms with van der Waals surface area (Å²) in [5.74, 6) is -3.64. The number of carbonyl (C=O) groups is 1. The molecule has 0 aromatic heterocycles. The van der Waals surface area contributed by atoms with Crippen LogP contribution in [0.2, 0.25) is 0 Å². The van der Waals surface area contributed by atoms with Gasteiger partial charge in [-0.3, -0.25) is 0 Å². The normalized spacial score (nSPS) is 22.5. The maximum Gasteiger partial charge on any atom is 0.274 e. The van der Waals surface area contributed by atoms with Crippen molar-refractivity contribution in [2.75, 3.05) is 18.0 Å². The van der Waals surface area contributed by atoms with E-state index in [1.807, 2.05) is 42.5 Å². The summed E-state index contributed by atoms with van der Waals surface area (Å²) >= 11 is 0. The van der Waals surface area contributed by atoms with Crippen molar-refractivity contribution in [2.24, 2.45) is 5.92 Å². The highest BCUT2D eigenvalue weighted by molar-refractivity contribution is 5.56. The van der Waals surface area contributed by atoms with Crippen molar-refractivity contribution < 1.29 is 18.7 Å². The topological polar surface area (TPSA) is 40.5 Å². The number of benzene rings is 3. The number of phenols is 1. The Hall–Kier alpha value is -3.21. The van der Waals surface area contributed by atoms with Crippen LogP contribution in [-0.2, 0) is 10.7 Å². The first-order chi connectivity index (χ1) is 16.0. The highest BCUT2D eigenvalue weighted by atomic mass is 19.3. The van der Waals surface area contributed by atoms with Crippen LogP contribution in [0.25, 0.3) is 0 Å². The molecule has 2 aliphatic rings. The molecule has 0 saturated carbocycles. The van der Waals surface area contributed by atoms with Crippen LogP contribution < -0.4 is 4.90 Å². The van der Waals surface area contributed by atoms with Crippen molar-refractivity contribution in [2.45, 2.75) is 37.0 Å². The van der Waals surface area contributed by atoms with E-state index < -0.39 is 5.92 Å². The average molecular weight is 448 g/mol. The van der Waals surface area contributed by atoms with Gasteiger partial charge < -0.3 is 14.8 Å². The summed E-state index contributed by atoms with van der Waals surface area (Å²) in [4.78, 5) is 13.3. The van der Waals surface area contributed by atoms with Crippen LogP contribution in [0.4, 0.5) is 14.5 Å². The standard InChI is InChI=1S/C28H27F2NO2/c29-28(30)17-25(20-4-2-1-3-5-20)27(24-11-10-23(33)16-26(24)28)21-6-8-22(9-7-21)31-14-12-19(18-32)13-15-31/h1-11,16,18-19,25,27,33H,12-15,17H2/t25-,27-/m1/s1. The van der Waals surface area contributed by atoms with E-state index in [1.165, 1.54) is 12.1 Å². The maximum atomic E-state index is 15.2. The Bertz CT molecular complexity index is 1120. The maximum absolute atomic E-state index is 15.2. The Morgan fingerprint density at radius 2 is 1.61 bits per heavy atom. The van der Waals surface area contributed by atoms with E-state index in [-0.39, 0.29) is 35.5 Å². The molecule has 1 aliphatic carbocycles. The predicted octanol–water partition coefficient (Wildman–Crippen LogP) is 6.22. The summed E-state index contributed by atoms with van der Waals surface area (Å²) in [5.41, 5.74) is 3.45. The highest BCUT2D eigenvalue weighted by Gasteiger charge is 2.46. The number of aldehydes is 1. The van der Waals surface area contributed by atoms with Gasteiger partial charge >= 0.3 is 0 Å². The summed E-state index contributed by atoms with van der Waals surface area (Å²) in [5, 5.41) is 9.92. The molecular weight excluding hydrogens is 420 g/mol. The summed E-state index contributed by atoms with van der Waals surface area (Å²) in [7, 11) is 0. The predicted molar refractivity (Wildman–Crippen MR) is 125 cm³/mol. The summed E-state index contributed by atoms with van der Waals surface area (Å²) in [6.07, 6.45) is 2.46. The number of carbonyl (C=O) groups excluding carboxylic acids is 1. The fraction of sp³-hybridized carbons (Fsp3) is 0.321. The van der Waals surface area contributed by atoms with E-state index >= 15 is 8.78 Å². The quantitative estimate of drug-likeness (QED) is 0.483. The van der Waals surface area contributed by atoms with E-state index in [9.17, 15) is 9.90 Å². The first-order valence-corrected chi connectivity index (χ1v) is 11.5. The third-order valence-electron chi connectivity index (χ3n) is 7.22. The van der Waals surface area contributed by atoms with E-state index in [4.69, 9.17) is 0 Å². The molecule has 0 spiro atoms. The molecule has 1 heterocycles. The van der Waals surface area contributed by atoms with Gasteiger partial charge in [0.15, 0.2) is 0 Å². The van der Waals surface area contributed by atoms with Gasteiger partial charge in [0.05, 0.1) is 0 Å². The molecule has 170 valence electrons. The van der Waals surface area contributed by atoms with Gasteiger partial charge in [-0.25, -0.2) is 8.78 Å². The molecule has 5 heteroatoms. The average Bonchev–Trinajstić information content (AvgIpc) is 2.85. The van der Waals surface area contributed by atoms with Gasteiger partial charge in [-0.15, -0.1) is 0 Å². The Morgan fingerprint density at radius 1 is 0.909 bits per heavy atom. The first-order valence-electron chi connectivity index (χ1n) is 11.5. The minimum absolute atomic E-state index is 0.0836. The zero-order valence-corrected chi connectivity index (χ0v) is 18.3. The number of hydrogen-bond donors (Lipinski definition) is 1. The van der Waals surface area contributed by atoms with E-state index in [1.54, 1.807) is 6.07 Å². The molecule has 0 amide bonds. The Balaban J connectivity index is 1.53. The number of aromatic hydroxyl groups is 1. The molecule has 1 fully saturated rings. The monoisotopic (exact) mass is 447 g/mol. The lowest BCUT2D eigenvalue weighted by Gasteiger charge is -2.39. The zero-order valence-electron chi connectivity index (χ0n) is 18.3. The van der Waals surface area contributed by atoms with Crippen molar-refractivity contribution >= 4 is 12.0 Å². The first kappa shape index (κ1) is 21.6. The number of phenolic OH excluding ortho intramolecular Hbond substituents is 1. The largest absolute Gasteiger partial charge is 0.508 e. The van der Waals surface area contributed by atoms with Crippen LogP contribution in [0.3, 0.4) is 0 Å². The molecule has 0 bridgehead atoms. The number of hydrogen-bond acceptors (Lipinski definition) is 3. The molecule has 0 unspecified atom stereocenters. The van der Waals surface area contributed by atoms with Crippen molar-refractivity contribution in [1.82, 2.24) is 0 Å². The smallest absolute Gasteiger partial charge is 0.274 e. The lowest BCUT2D eigenvalue weighted by Crippen LogP contribution is -2.34. The van der Waals surface area contributed by atoms with Crippen LogP contribution in [0.15, 0.2) is 72.8 Å². The zero-order chi connectivity index (χ0) is 23.0. The van der Waals surface area contributed by atoms with E-state index in [2.05, 4.69) is 17.0 Å². The van der Waals surface area contributed by atoms with E-state index in [0.29, 0.717) is 5.56 Å². The second-order valence-electron chi connectivity index (χ2n) is 9.23. The molecule has 5 rings (SSSR count). The van der Waals surface area contributed by atoms with Gasteiger partial charge in [-0.1, -0.05) is 48.5 Å². The van der Waals surface area contributed by atoms with Crippen molar-refractivity contribution in [3.63, 3.8) is 0 Å². The van der Waals surface area contributed by atoms with Crippen molar-refractivity contribution in [3.05, 3.63) is 95.1 Å². The number of nitrogens with zero attached hydrogens (tertiary/aromatic N) is 1. The molecule has 3 aromatic carbocycles. The Morgan fingerprint density at radius 3 is 2.27 bits per heavy atom. The lowest BCUT2D eigenvalue weighted by atomic mass is 9.68. The molecule has 1 aliphatic heterocycles. The van der Waals surface area contributed by atoms with Gasteiger partial charge in [-0.2, -0.15) is 0 Å². The Labute approximate surface area is 192 Å². The molecule has 33 heavy (non-hydrogen) atoms. The molecule has 0 radical (unpaired) electrons. The molecule has 3 aromatic rings. The van der Waals surface area contributed by atoms with Crippen LogP contribution in [0, 0.1) is 5.92 Å². The lowest BCUT2D eigenvalue weighted by molar-refractivity contribution is -0.111. The SMILES string of the molecule is O=CC1CCN(c2ccc([C@@H]3c4ccc(O)cc4C(F)(F)C[C@@H]3c3ccccc3)cc2)CC1. The second-order valence-corrected chi connectivity index (χ2v) is 9.23. The van der Waals surface area contributed by atoms with Gasteiger partial charge in [-0.05, 0) is 53.8 Å². The molecular formula is C28H27F2NO2.